The van der Waals surface area contributed by atoms with E-state index in [0.717, 1.165) is 29.3 Å². The van der Waals surface area contributed by atoms with E-state index in [1.807, 2.05) is 24.4 Å². The van der Waals surface area contributed by atoms with Gasteiger partial charge in [-0.3, -0.25) is 4.79 Å². The molecule has 2 N–H and O–H groups in total. The van der Waals surface area contributed by atoms with Crippen LogP contribution in [0.4, 0.5) is 0 Å². The predicted molar refractivity (Wildman–Crippen MR) is 80.4 cm³/mol. The maximum Gasteiger partial charge on any atom is 0.237 e. The zero-order valence-corrected chi connectivity index (χ0v) is 12.0. The summed E-state index contributed by atoms with van der Waals surface area (Å²) in [4.78, 5) is 17.4. The topological polar surface area (TPSA) is 54.0 Å². The average molecular weight is 287 g/mol. The monoisotopic (exact) mass is 287 g/mol. The highest BCUT2D eigenvalue weighted by Gasteiger charge is 2.21. The van der Waals surface area contributed by atoms with Gasteiger partial charge in [0, 0.05) is 6.20 Å². The first-order chi connectivity index (χ1) is 9.83. The van der Waals surface area contributed by atoms with Crippen molar-refractivity contribution in [3.8, 4) is 10.4 Å². The van der Waals surface area contributed by atoms with E-state index >= 15 is 0 Å². The molecule has 0 bridgehead atoms. The highest BCUT2D eigenvalue weighted by molar-refractivity contribution is 7.15. The molecule has 5 heteroatoms. The quantitative estimate of drug-likeness (QED) is 0.906. The van der Waals surface area contributed by atoms with Crippen LogP contribution in [-0.2, 0) is 11.3 Å². The summed E-state index contributed by atoms with van der Waals surface area (Å²) in [5, 5.41) is 7.09. The van der Waals surface area contributed by atoms with Gasteiger partial charge in [-0.2, -0.15) is 0 Å². The van der Waals surface area contributed by atoms with Crippen LogP contribution in [0.5, 0.6) is 0 Å². The van der Waals surface area contributed by atoms with Crippen LogP contribution in [0.1, 0.15) is 17.8 Å². The van der Waals surface area contributed by atoms with Crippen molar-refractivity contribution in [1.29, 1.82) is 0 Å². The van der Waals surface area contributed by atoms with E-state index in [4.69, 9.17) is 0 Å². The van der Waals surface area contributed by atoms with Crippen molar-refractivity contribution in [3.63, 3.8) is 0 Å². The molecule has 0 radical (unpaired) electrons. The molecule has 1 aliphatic heterocycles. The minimum absolute atomic E-state index is 0.0245. The summed E-state index contributed by atoms with van der Waals surface area (Å²) < 4.78 is 0. The van der Waals surface area contributed by atoms with Gasteiger partial charge in [0.1, 0.15) is 5.01 Å². The van der Waals surface area contributed by atoms with E-state index < -0.39 is 0 Å². The van der Waals surface area contributed by atoms with Crippen LogP contribution >= 0.6 is 11.3 Å². The van der Waals surface area contributed by atoms with Crippen molar-refractivity contribution >= 4 is 17.2 Å². The zero-order valence-electron chi connectivity index (χ0n) is 11.1. The second-order valence-corrected chi connectivity index (χ2v) is 5.97. The van der Waals surface area contributed by atoms with Crippen LogP contribution in [0.25, 0.3) is 10.4 Å². The molecule has 4 nitrogen and oxygen atoms in total. The Labute approximate surface area is 122 Å². The molecule has 1 aliphatic rings. The van der Waals surface area contributed by atoms with Gasteiger partial charge in [-0.15, -0.1) is 11.3 Å². The van der Waals surface area contributed by atoms with E-state index in [2.05, 4.69) is 27.8 Å². The van der Waals surface area contributed by atoms with Crippen LogP contribution in [0.2, 0.25) is 0 Å². The zero-order chi connectivity index (χ0) is 13.8. The first-order valence-electron chi connectivity index (χ1n) is 6.84. The number of amides is 1. The molecule has 2 aromatic rings. The second-order valence-electron chi connectivity index (χ2n) is 4.85. The van der Waals surface area contributed by atoms with Gasteiger partial charge >= 0.3 is 0 Å². The maximum atomic E-state index is 11.9. The molecule has 1 aromatic carbocycles. The van der Waals surface area contributed by atoms with Gasteiger partial charge in [0.25, 0.3) is 0 Å². The first kappa shape index (κ1) is 13.3. The van der Waals surface area contributed by atoms with Gasteiger partial charge in [0.05, 0.1) is 17.5 Å². The third kappa shape index (κ3) is 3.05. The SMILES string of the molecule is O=C(NCc1ncc(-c2ccccc2)s1)[C@@H]1CCCN1. The molecule has 104 valence electrons. The van der Waals surface area contributed by atoms with E-state index in [1.165, 1.54) is 5.56 Å². The summed E-state index contributed by atoms with van der Waals surface area (Å²) in [5.41, 5.74) is 1.17. The van der Waals surface area contributed by atoms with Crippen LogP contribution in [-0.4, -0.2) is 23.5 Å². The summed E-state index contributed by atoms with van der Waals surface area (Å²) in [6, 6.07) is 10.1. The lowest BCUT2D eigenvalue weighted by atomic mass is 10.2. The number of nitrogens with zero attached hydrogens (tertiary/aromatic N) is 1. The predicted octanol–water partition coefficient (Wildman–Crippen LogP) is 2.18. The molecule has 0 aliphatic carbocycles. The Morgan fingerprint density at radius 2 is 2.25 bits per heavy atom. The average Bonchev–Trinajstić information content (AvgIpc) is 3.17. The van der Waals surface area contributed by atoms with Crippen LogP contribution in [0, 0.1) is 0 Å². The van der Waals surface area contributed by atoms with E-state index in [9.17, 15) is 4.79 Å². The number of thiazole rings is 1. The fraction of sp³-hybridized carbons (Fsp3) is 0.333. The lowest BCUT2D eigenvalue weighted by Gasteiger charge is -2.09. The molecule has 20 heavy (non-hydrogen) atoms. The minimum Gasteiger partial charge on any atom is -0.348 e. The summed E-state index contributed by atoms with van der Waals surface area (Å²) in [6.45, 7) is 1.45. The van der Waals surface area contributed by atoms with Crippen molar-refractivity contribution in [2.24, 2.45) is 0 Å². The molecule has 1 amide bonds. The highest BCUT2D eigenvalue weighted by Crippen LogP contribution is 2.25. The van der Waals surface area contributed by atoms with Crippen LogP contribution in [0.15, 0.2) is 36.5 Å². The van der Waals surface area contributed by atoms with Crippen molar-refractivity contribution in [3.05, 3.63) is 41.5 Å². The number of aromatic nitrogens is 1. The number of carbonyl (C=O) groups is 1. The van der Waals surface area contributed by atoms with Gasteiger partial charge in [-0.25, -0.2) is 4.98 Å². The summed E-state index contributed by atoms with van der Waals surface area (Å²) in [7, 11) is 0. The Morgan fingerprint density at radius 3 is 3.00 bits per heavy atom. The Hall–Kier alpha value is -1.72. The molecule has 3 rings (SSSR count). The molecular formula is C15H17N3OS. The fourth-order valence-electron chi connectivity index (χ4n) is 2.32. The highest BCUT2D eigenvalue weighted by atomic mass is 32.1. The van der Waals surface area contributed by atoms with Crippen LogP contribution in [0.3, 0.4) is 0 Å². The fourth-order valence-corrected chi connectivity index (χ4v) is 3.19. The maximum absolute atomic E-state index is 11.9. The molecular weight excluding hydrogens is 270 g/mol. The van der Waals surface area contributed by atoms with Gasteiger partial charge < -0.3 is 10.6 Å². The Bertz CT molecular complexity index is 576. The van der Waals surface area contributed by atoms with E-state index in [-0.39, 0.29) is 11.9 Å². The van der Waals surface area contributed by atoms with E-state index in [0.29, 0.717) is 6.54 Å². The smallest absolute Gasteiger partial charge is 0.237 e. The third-order valence-corrected chi connectivity index (χ3v) is 4.45. The number of carbonyl (C=O) groups excluding carboxylic acids is 1. The summed E-state index contributed by atoms with van der Waals surface area (Å²) in [6.07, 6.45) is 3.88. The Morgan fingerprint density at radius 1 is 1.40 bits per heavy atom. The van der Waals surface area contributed by atoms with Crippen molar-refractivity contribution in [1.82, 2.24) is 15.6 Å². The molecule has 0 unspecified atom stereocenters. The summed E-state index contributed by atoms with van der Waals surface area (Å²) >= 11 is 1.62. The lowest BCUT2D eigenvalue weighted by Crippen LogP contribution is -2.39. The molecule has 0 spiro atoms. The number of hydrogen-bond acceptors (Lipinski definition) is 4. The van der Waals surface area contributed by atoms with Gasteiger partial charge in [0.15, 0.2) is 0 Å². The van der Waals surface area contributed by atoms with Gasteiger partial charge in [0.2, 0.25) is 5.91 Å². The number of nitrogens with one attached hydrogen (secondary N) is 2. The number of rotatable bonds is 4. The minimum atomic E-state index is -0.0245. The number of hydrogen-bond donors (Lipinski definition) is 2. The largest absolute Gasteiger partial charge is 0.348 e. The Balaban J connectivity index is 1.59. The normalized spacial score (nSPS) is 18.1. The van der Waals surface area contributed by atoms with Crippen LogP contribution < -0.4 is 10.6 Å². The Kier molecular flexibility index (Phi) is 4.08. The molecule has 2 heterocycles. The van der Waals surface area contributed by atoms with Crippen molar-refractivity contribution in [2.45, 2.75) is 25.4 Å². The molecule has 1 atom stereocenters. The van der Waals surface area contributed by atoms with Crippen molar-refractivity contribution in [2.75, 3.05) is 6.54 Å². The molecule has 1 aromatic heterocycles. The standard InChI is InChI=1S/C15H17N3OS/c19-15(12-7-4-8-16-12)18-10-14-17-9-13(20-14)11-5-2-1-3-6-11/h1-3,5-6,9,12,16H,4,7-8,10H2,(H,18,19)/t12-/m0/s1. The van der Waals surface area contributed by atoms with E-state index in [1.54, 1.807) is 11.3 Å². The number of benzene rings is 1. The lowest BCUT2D eigenvalue weighted by molar-refractivity contribution is -0.122. The van der Waals surface area contributed by atoms with Gasteiger partial charge in [-0.05, 0) is 24.9 Å². The first-order valence-corrected chi connectivity index (χ1v) is 7.66. The molecule has 0 saturated carbocycles. The van der Waals surface area contributed by atoms with Crippen molar-refractivity contribution < 1.29 is 4.79 Å². The summed E-state index contributed by atoms with van der Waals surface area (Å²) in [5.74, 6) is 0.0824. The molecule has 1 saturated heterocycles. The second kappa shape index (κ2) is 6.15. The van der Waals surface area contributed by atoms with Gasteiger partial charge in [-0.1, -0.05) is 30.3 Å². The third-order valence-electron chi connectivity index (χ3n) is 3.40. The molecule has 1 fully saturated rings.